The molecule has 2 aliphatic rings. The summed E-state index contributed by atoms with van der Waals surface area (Å²) in [5, 5.41) is 6.20. The summed E-state index contributed by atoms with van der Waals surface area (Å²) in [6.07, 6.45) is 0.872. The zero-order valence-electron chi connectivity index (χ0n) is 22.7. The molecule has 2 aliphatic heterocycles. The van der Waals surface area contributed by atoms with Gasteiger partial charge in [-0.2, -0.15) is 5.10 Å². The van der Waals surface area contributed by atoms with Crippen molar-refractivity contribution < 1.29 is 18.6 Å². The van der Waals surface area contributed by atoms with Gasteiger partial charge in [-0.3, -0.25) is 0 Å². The largest absolute Gasteiger partial charge is 0.494 e. The molecule has 5 rings (SSSR count). The van der Waals surface area contributed by atoms with Gasteiger partial charge in [0.05, 0.1) is 33.6 Å². The highest BCUT2D eigenvalue weighted by Gasteiger charge is 2.54. The van der Waals surface area contributed by atoms with Gasteiger partial charge in [0, 0.05) is 5.39 Å². The van der Waals surface area contributed by atoms with Crippen LogP contribution < -0.4 is 10.9 Å². The second-order valence-electron chi connectivity index (χ2n) is 11.8. The highest BCUT2D eigenvalue weighted by Crippen LogP contribution is 2.40. The molecule has 1 atom stereocenters. The molecule has 0 N–H and O–H groups in total. The maximum absolute atomic E-state index is 6.88. The number of aromatic nitrogens is 2. The van der Waals surface area contributed by atoms with Gasteiger partial charge in [0.25, 0.3) is 0 Å². The Morgan fingerprint density at radius 2 is 1.36 bits per heavy atom. The van der Waals surface area contributed by atoms with Crippen molar-refractivity contribution in [3.05, 3.63) is 47.1 Å². The first-order chi connectivity index (χ1) is 16.7. The quantitative estimate of drug-likeness (QED) is 0.466. The molecule has 3 heterocycles. The van der Waals surface area contributed by atoms with Crippen LogP contribution in [-0.4, -0.2) is 46.4 Å². The van der Waals surface area contributed by atoms with Crippen LogP contribution in [0.4, 0.5) is 0 Å². The molecule has 6 nitrogen and oxygen atoms in total. The Kier molecular flexibility index (Phi) is 5.98. The molecule has 9 heteroatoms. The highest BCUT2D eigenvalue weighted by molar-refractivity contribution is 6.62. The normalized spacial score (nSPS) is 24.7. The van der Waals surface area contributed by atoms with Gasteiger partial charge in [-0.05, 0) is 96.5 Å². The molecule has 3 aromatic rings. The van der Waals surface area contributed by atoms with E-state index in [1.807, 2.05) is 58.0 Å². The number of benzene rings is 2. The van der Waals surface area contributed by atoms with Crippen LogP contribution in [0.5, 0.6) is 0 Å². The molecular weight excluding hydrogens is 473 g/mol. The lowest BCUT2D eigenvalue weighted by Crippen LogP contribution is -2.44. The Morgan fingerprint density at radius 1 is 0.806 bits per heavy atom. The van der Waals surface area contributed by atoms with E-state index in [0.717, 1.165) is 39.5 Å². The van der Waals surface area contributed by atoms with Crippen molar-refractivity contribution in [1.82, 2.24) is 9.78 Å². The lowest BCUT2D eigenvalue weighted by atomic mass is 9.78. The Morgan fingerprint density at radius 3 is 1.94 bits per heavy atom. The molecule has 0 amide bonds. The number of fused-ring (bicyclic) bond motifs is 1. The van der Waals surface area contributed by atoms with Crippen LogP contribution in [0.15, 0.2) is 36.4 Å². The molecule has 1 aromatic heterocycles. The van der Waals surface area contributed by atoms with E-state index in [-0.39, 0.29) is 11.2 Å². The van der Waals surface area contributed by atoms with Crippen molar-refractivity contribution in [2.75, 3.05) is 0 Å². The van der Waals surface area contributed by atoms with Crippen LogP contribution in [0, 0.1) is 6.92 Å². The van der Waals surface area contributed by atoms with Crippen molar-refractivity contribution in [1.29, 1.82) is 0 Å². The average molecular weight is 509 g/mol. The maximum atomic E-state index is 6.88. The molecular formula is C27H35B2ClN2O4. The van der Waals surface area contributed by atoms with E-state index in [0.29, 0.717) is 5.15 Å². The predicted octanol–water partition coefficient (Wildman–Crippen LogP) is 4.98. The van der Waals surface area contributed by atoms with Gasteiger partial charge in [-0.1, -0.05) is 36.7 Å². The Bertz CT molecular complexity index is 1320. The fourth-order valence-electron chi connectivity index (χ4n) is 4.86. The Hall–Kier alpha value is -1.83. The third-order valence-electron chi connectivity index (χ3n) is 8.60. The zero-order chi connectivity index (χ0) is 26.3. The average Bonchev–Trinajstić information content (AvgIpc) is 3.33. The number of halogens is 1. The van der Waals surface area contributed by atoms with Crippen LogP contribution in [-0.2, 0) is 18.6 Å². The van der Waals surface area contributed by atoms with Gasteiger partial charge in [0.2, 0.25) is 0 Å². The number of nitrogens with zero attached hydrogens (tertiary/aromatic N) is 2. The summed E-state index contributed by atoms with van der Waals surface area (Å²) in [5.41, 5.74) is 3.12. The first-order valence-corrected chi connectivity index (χ1v) is 13.1. The van der Waals surface area contributed by atoms with Crippen LogP contribution >= 0.6 is 11.6 Å². The van der Waals surface area contributed by atoms with E-state index in [1.54, 1.807) is 4.68 Å². The molecule has 2 saturated heterocycles. The first kappa shape index (κ1) is 25.8. The molecule has 2 fully saturated rings. The van der Waals surface area contributed by atoms with Gasteiger partial charge in [0.1, 0.15) is 5.15 Å². The maximum Gasteiger partial charge on any atom is 0.494 e. The van der Waals surface area contributed by atoms with E-state index in [4.69, 9.17) is 35.3 Å². The minimum Gasteiger partial charge on any atom is -0.399 e. The van der Waals surface area contributed by atoms with Crippen LogP contribution in [0.25, 0.3) is 16.6 Å². The van der Waals surface area contributed by atoms with Crippen molar-refractivity contribution in [3.8, 4) is 5.69 Å². The van der Waals surface area contributed by atoms with Crippen LogP contribution in [0.2, 0.25) is 5.15 Å². The third-order valence-corrected chi connectivity index (χ3v) is 8.96. The van der Waals surface area contributed by atoms with E-state index in [1.165, 1.54) is 0 Å². The topological polar surface area (TPSA) is 54.7 Å². The van der Waals surface area contributed by atoms with Crippen LogP contribution in [0.3, 0.4) is 0 Å². The second-order valence-corrected chi connectivity index (χ2v) is 12.1. The summed E-state index contributed by atoms with van der Waals surface area (Å²) < 4.78 is 26.9. The van der Waals surface area contributed by atoms with E-state index in [2.05, 4.69) is 40.7 Å². The minimum absolute atomic E-state index is 0.345. The minimum atomic E-state index is -0.454. The number of rotatable bonds is 4. The number of aryl methyl sites for hydroxylation is 1. The van der Waals surface area contributed by atoms with Gasteiger partial charge in [0.15, 0.2) is 0 Å². The predicted molar refractivity (Wildman–Crippen MR) is 147 cm³/mol. The molecule has 1 unspecified atom stereocenters. The zero-order valence-corrected chi connectivity index (χ0v) is 23.5. The van der Waals surface area contributed by atoms with E-state index < -0.39 is 25.4 Å². The highest BCUT2D eigenvalue weighted by atomic mass is 35.5. The van der Waals surface area contributed by atoms with Gasteiger partial charge in [-0.25, -0.2) is 4.68 Å². The number of hydrogen-bond acceptors (Lipinski definition) is 5. The van der Waals surface area contributed by atoms with Crippen molar-refractivity contribution >= 4 is 47.7 Å². The molecule has 36 heavy (non-hydrogen) atoms. The van der Waals surface area contributed by atoms with E-state index >= 15 is 0 Å². The SMILES string of the molecule is CCC1(C)OB(c2ccc(-n3nc4ccc(B5OC(C)(C)C(C)(C)O5)cc4c3Cl)c(C)c2)OC1(C)C. The van der Waals surface area contributed by atoms with Gasteiger partial charge < -0.3 is 18.6 Å². The Labute approximate surface area is 219 Å². The van der Waals surface area contributed by atoms with Gasteiger partial charge >= 0.3 is 14.2 Å². The van der Waals surface area contributed by atoms with Crippen molar-refractivity contribution in [2.24, 2.45) is 0 Å². The fraction of sp³-hybridized carbons (Fsp3) is 0.519. The van der Waals surface area contributed by atoms with Crippen molar-refractivity contribution in [2.45, 2.75) is 91.1 Å². The Balaban J connectivity index is 1.46. The molecule has 0 radical (unpaired) electrons. The lowest BCUT2D eigenvalue weighted by Gasteiger charge is -2.35. The number of hydrogen-bond donors (Lipinski definition) is 0. The smallest absolute Gasteiger partial charge is 0.399 e. The summed E-state index contributed by atoms with van der Waals surface area (Å²) in [5.74, 6) is 0. The lowest BCUT2D eigenvalue weighted by molar-refractivity contribution is -0.0118. The standard InChI is InChI=1S/C27H35B2ClN2O4/c1-10-27(9)26(7,8)35-29(36-27)18-12-14-22(17(2)15-18)32-23(30)20-16-19(11-13-21(20)31-32)28-33-24(3,4)25(5,6)34-28/h11-16H,10H2,1-9H3. The summed E-state index contributed by atoms with van der Waals surface area (Å²) in [4.78, 5) is 0. The van der Waals surface area contributed by atoms with Crippen molar-refractivity contribution in [3.63, 3.8) is 0 Å². The molecule has 0 spiro atoms. The van der Waals surface area contributed by atoms with Gasteiger partial charge in [-0.15, -0.1) is 0 Å². The summed E-state index contributed by atoms with van der Waals surface area (Å²) in [6.45, 7) is 18.7. The van der Waals surface area contributed by atoms with E-state index in [9.17, 15) is 0 Å². The summed E-state index contributed by atoms with van der Waals surface area (Å²) in [6, 6.07) is 12.1. The van der Waals surface area contributed by atoms with Crippen LogP contribution in [0.1, 0.15) is 67.4 Å². The first-order valence-electron chi connectivity index (χ1n) is 12.7. The monoisotopic (exact) mass is 508 g/mol. The fourth-order valence-corrected chi connectivity index (χ4v) is 5.14. The third kappa shape index (κ3) is 3.93. The summed E-state index contributed by atoms with van der Waals surface area (Å²) in [7, 11) is -0.864. The second kappa shape index (κ2) is 8.34. The summed E-state index contributed by atoms with van der Waals surface area (Å²) >= 11 is 6.88. The molecule has 190 valence electrons. The molecule has 0 saturated carbocycles. The molecule has 0 bridgehead atoms. The molecule has 0 aliphatic carbocycles. The molecule has 2 aromatic carbocycles.